The Morgan fingerprint density at radius 1 is 1.29 bits per heavy atom. The Morgan fingerprint density at radius 3 is 2.84 bits per heavy atom. The monoisotopic (exact) mass is 426 g/mol. The van der Waals surface area contributed by atoms with Crippen LogP contribution in [0.2, 0.25) is 0 Å². The third-order valence-electron chi connectivity index (χ3n) is 6.11. The van der Waals surface area contributed by atoms with Gasteiger partial charge in [0, 0.05) is 56.6 Å². The zero-order valence-corrected chi connectivity index (χ0v) is 18.1. The molecule has 9 nitrogen and oxygen atoms in total. The van der Waals surface area contributed by atoms with E-state index in [1.54, 1.807) is 6.20 Å². The van der Waals surface area contributed by atoms with Crippen molar-refractivity contribution in [2.75, 3.05) is 31.6 Å². The minimum atomic E-state index is -0.920. The molecule has 0 unspecified atom stereocenters. The molecular formula is C22H30N6O3. The summed E-state index contributed by atoms with van der Waals surface area (Å²) < 4.78 is 4.13. The van der Waals surface area contributed by atoms with Gasteiger partial charge >= 0.3 is 6.09 Å². The number of nitrogens with zero attached hydrogens (tertiary/aromatic N) is 6. The van der Waals surface area contributed by atoms with Gasteiger partial charge < -0.3 is 19.7 Å². The van der Waals surface area contributed by atoms with Crippen LogP contribution in [0.4, 0.5) is 10.5 Å². The maximum absolute atomic E-state index is 11.9. The summed E-state index contributed by atoms with van der Waals surface area (Å²) in [5.41, 5.74) is 3.70. The first kappa shape index (κ1) is 21.3. The van der Waals surface area contributed by atoms with Crippen LogP contribution in [0.15, 0.2) is 30.6 Å². The Kier molecular flexibility index (Phi) is 6.24. The van der Waals surface area contributed by atoms with E-state index in [4.69, 9.17) is 4.98 Å². The van der Waals surface area contributed by atoms with E-state index < -0.39 is 6.09 Å². The summed E-state index contributed by atoms with van der Waals surface area (Å²) >= 11 is 0. The van der Waals surface area contributed by atoms with Crippen LogP contribution in [0, 0.1) is 0 Å². The molecule has 9 heteroatoms. The molecule has 1 amide bonds. The van der Waals surface area contributed by atoms with Crippen LogP contribution >= 0.6 is 0 Å². The van der Waals surface area contributed by atoms with Gasteiger partial charge in [-0.15, -0.1) is 0 Å². The molecule has 3 heterocycles. The number of aliphatic hydroxyl groups excluding tert-OH is 1. The molecular weight excluding hydrogens is 396 g/mol. The molecule has 1 aliphatic heterocycles. The molecule has 0 bridgehead atoms. The molecule has 3 aromatic rings. The van der Waals surface area contributed by atoms with Crippen molar-refractivity contribution < 1.29 is 15.0 Å². The number of imidazole rings is 1. The van der Waals surface area contributed by atoms with E-state index in [9.17, 15) is 15.0 Å². The second-order valence-corrected chi connectivity index (χ2v) is 8.20. The number of rotatable bonds is 8. The molecule has 0 aliphatic carbocycles. The maximum Gasteiger partial charge on any atom is 0.412 e. The van der Waals surface area contributed by atoms with Gasteiger partial charge in [0.15, 0.2) is 0 Å². The van der Waals surface area contributed by atoms with Crippen LogP contribution in [0.1, 0.15) is 24.7 Å². The quantitative estimate of drug-likeness (QED) is 0.573. The standard InChI is InChI=1S/C22H30N6O3/c1-16-4-5-17-18(28(16)22(30)31)6-7-19-21(17)24-20(8-11-26-10-3-9-23-26)27(19)13-12-25(2)14-15-29/h3,6-7,9-10,16,29H,4-5,8,11-15H2,1-2H3,(H,30,31)/t16-/m0/s1. The summed E-state index contributed by atoms with van der Waals surface area (Å²) in [5.74, 6) is 0.969. The lowest BCUT2D eigenvalue weighted by Gasteiger charge is -2.33. The zero-order valence-electron chi connectivity index (χ0n) is 18.1. The van der Waals surface area contributed by atoms with E-state index in [0.717, 1.165) is 67.0 Å². The van der Waals surface area contributed by atoms with E-state index in [1.165, 1.54) is 4.90 Å². The molecule has 1 aromatic carbocycles. The van der Waals surface area contributed by atoms with Crippen molar-refractivity contribution in [3.8, 4) is 0 Å². The second kappa shape index (κ2) is 9.07. The predicted molar refractivity (Wildman–Crippen MR) is 119 cm³/mol. The van der Waals surface area contributed by atoms with Gasteiger partial charge in [0.2, 0.25) is 0 Å². The predicted octanol–water partition coefficient (Wildman–Crippen LogP) is 2.22. The average molecular weight is 427 g/mol. The van der Waals surface area contributed by atoms with Gasteiger partial charge in [-0.2, -0.15) is 5.10 Å². The van der Waals surface area contributed by atoms with Crippen LogP contribution < -0.4 is 4.90 Å². The van der Waals surface area contributed by atoms with Crippen molar-refractivity contribution in [1.29, 1.82) is 0 Å². The molecule has 1 aliphatic rings. The second-order valence-electron chi connectivity index (χ2n) is 8.20. The number of benzene rings is 1. The number of aryl methyl sites for hydroxylation is 3. The van der Waals surface area contributed by atoms with E-state index in [0.29, 0.717) is 6.54 Å². The molecule has 31 heavy (non-hydrogen) atoms. The molecule has 1 atom stereocenters. The lowest BCUT2D eigenvalue weighted by atomic mass is 9.96. The third-order valence-corrected chi connectivity index (χ3v) is 6.11. The summed E-state index contributed by atoms with van der Waals surface area (Å²) in [7, 11) is 1.99. The van der Waals surface area contributed by atoms with Gasteiger partial charge in [-0.1, -0.05) is 0 Å². The van der Waals surface area contributed by atoms with E-state index >= 15 is 0 Å². The molecule has 0 fully saturated rings. The summed E-state index contributed by atoms with van der Waals surface area (Å²) in [6.07, 6.45) is 5.12. The molecule has 0 saturated carbocycles. The Morgan fingerprint density at radius 2 is 2.13 bits per heavy atom. The van der Waals surface area contributed by atoms with Gasteiger partial charge in [0.1, 0.15) is 5.82 Å². The number of likely N-dealkylation sites (N-methyl/N-ethyl adjacent to an activating group) is 1. The van der Waals surface area contributed by atoms with Crippen molar-refractivity contribution >= 4 is 22.8 Å². The molecule has 0 spiro atoms. The Labute approximate surface area is 181 Å². The number of hydrogen-bond donors (Lipinski definition) is 2. The number of anilines is 1. The Bertz CT molecular complexity index is 1050. The van der Waals surface area contributed by atoms with Crippen LogP contribution in [0.25, 0.3) is 11.0 Å². The highest BCUT2D eigenvalue weighted by atomic mass is 16.4. The number of amides is 1. The number of carboxylic acid groups (broad SMARTS) is 1. The third kappa shape index (κ3) is 4.28. The van der Waals surface area contributed by atoms with Gasteiger partial charge in [0.25, 0.3) is 0 Å². The fourth-order valence-corrected chi connectivity index (χ4v) is 4.41. The molecule has 2 aromatic heterocycles. The van der Waals surface area contributed by atoms with E-state index in [1.807, 2.05) is 43.0 Å². The molecule has 0 saturated heterocycles. The summed E-state index contributed by atoms with van der Waals surface area (Å²) in [6, 6.07) is 5.79. The van der Waals surface area contributed by atoms with Crippen molar-refractivity contribution in [3.63, 3.8) is 0 Å². The smallest absolute Gasteiger partial charge is 0.412 e. The molecule has 0 radical (unpaired) electrons. The minimum Gasteiger partial charge on any atom is -0.465 e. The van der Waals surface area contributed by atoms with Crippen LogP contribution in [0.5, 0.6) is 0 Å². The highest BCUT2D eigenvalue weighted by Crippen LogP contribution is 2.36. The topological polar surface area (TPSA) is 99.7 Å². The van der Waals surface area contributed by atoms with Crippen LogP contribution in [0.3, 0.4) is 0 Å². The van der Waals surface area contributed by atoms with Gasteiger partial charge in [-0.05, 0) is 45.0 Å². The molecule has 4 rings (SSSR count). The van der Waals surface area contributed by atoms with Gasteiger partial charge in [-0.25, -0.2) is 9.78 Å². The van der Waals surface area contributed by atoms with Crippen molar-refractivity contribution in [2.45, 2.75) is 45.3 Å². The van der Waals surface area contributed by atoms with E-state index in [2.05, 4.69) is 14.6 Å². The van der Waals surface area contributed by atoms with Crippen LogP contribution in [-0.2, 0) is 25.9 Å². The molecule has 2 N–H and O–H groups in total. The fourth-order valence-electron chi connectivity index (χ4n) is 4.41. The first-order valence-corrected chi connectivity index (χ1v) is 10.8. The number of fused-ring (bicyclic) bond motifs is 3. The van der Waals surface area contributed by atoms with Gasteiger partial charge in [-0.3, -0.25) is 9.58 Å². The van der Waals surface area contributed by atoms with E-state index in [-0.39, 0.29) is 12.6 Å². The maximum atomic E-state index is 11.9. The summed E-state index contributed by atoms with van der Waals surface area (Å²) in [5, 5.41) is 23.2. The van der Waals surface area contributed by atoms with Crippen LogP contribution in [-0.4, -0.2) is 73.3 Å². The Balaban J connectivity index is 1.73. The lowest BCUT2D eigenvalue weighted by Crippen LogP contribution is -2.41. The highest BCUT2D eigenvalue weighted by Gasteiger charge is 2.30. The summed E-state index contributed by atoms with van der Waals surface area (Å²) in [4.78, 5) is 20.4. The number of aromatic nitrogens is 4. The minimum absolute atomic E-state index is 0.0454. The highest BCUT2D eigenvalue weighted by molar-refractivity contribution is 5.94. The first-order chi connectivity index (χ1) is 15.0. The molecule has 166 valence electrons. The fraction of sp³-hybridized carbons (Fsp3) is 0.500. The first-order valence-electron chi connectivity index (χ1n) is 10.8. The number of carbonyl (C=O) groups is 1. The zero-order chi connectivity index (χ0) is 22.0. The summed E-state index contributed by atoms with van der Waals surface area (Å²) in [6.45, 7) is 4.96. The largest absolute Gasteiger partial charge is 0.465 e. The Hall–Kier alpha value is -2.91. The number of hydrogen-bond acceptors (Lipinski definition) is 5. The average Bonchev–Trinajstić information content (AvgIpc) is 3.37. The lowest BCUT2D eigenvalue weighted by molar-refractivity contribution is 0.198. The van der Waals surface area contributed by atoms with Gasteiger partial charge in [0.05, 0.1) is 23.3 Å². The van der Waals surface area contributed by atoms with Crippen molar-refractivity contribution in [3.05, 3.63) is 42.0 Å². The van der Waals surface area contributed by atoms with Crippen molar-refractivity contribution in [2.24, 2.45) is 0 Å². The SMILES string of the molecule is C[C@H]1CCc2c(ccc3c2nc(CCn2cccn2)n3CCN(C)CCO)N1C(=O)O. The van der Waals surface area contributed by atoms with Crippen molar-refractivity contribution in [1.82, 2.24) is 24.2 Å². The normalized spacial score (nSPS) is 16.3. The number of aliphatic hydroxyl groups is 1.